The molecule has 0 heterocycles. The Balaban J connectivity index is 2.85. The molecule has 2 unspecified atom stereocenters. The largest absolute Gasteiger partial charge is 0.148 e. The molecule has 0 fully saturated rings. The Labute approximate surface area is 68.4 Å². The van der Waals surface area contributed by atoms with E-state index in [-0.39, 0.29) is 0 Å². The minimum Gasteiger partial charge on any atom is -0.148 e. The molecule has 0 bridgehead atoms. The predicted octanol–water partition coefficient (Wildman–Crippen LogP) is 3.03. The quantitative estimate of drug-likeness (QED) is 0.509. The van der Waals surface area contributed by atoms with Crippen LogP contribution < -0.4 is 0 Å². The van der Waals surface area contributed by atoms with E-state index in [1.165, 1.54) is 10.5 Å². The molecule has 0 aliphatic heterocycles. The first kappa shape index (κ1) is 7.93. The molecule has 0 nitrogen and oxygen atoms in total. The Morgan fingerprint density at radius 1 is 1.40 bits per heavy atom. The third-order valence-corrected chi connectivity index (χ3v) is 2.69. The molecule has 0 aromatic rings. The molecule has 0 saturated carbocycles. The van der Waals surface area contributed by atoms with Crippen molar-refractivity contribution in [2.75, 3.05) is 0 Å². The lowest BCUT2D eigenvalue weighted by Gasteiger charge is -2.21. The van der Waals surface area contributed by atoms with Crippen molar-refractivity contribution in [1.29, 1.82) is 0 Å². The van der Waals surface area contributed by atoms with Crippen molar-refractivity contribution < 1.29 is 0 Å². The van der Waals surface area contributed by atoms with Crippen LogP contribution in [0.25, 0.3) is 0 Å². The molecule has 10 heavy (non-hydrogen) atoms. The molecule has 1 heteroatoms. The SMILES string of the molecule is CC1=CC(C)C(C)C(S)=C1. The van der Waals surface area contributed by atoms with Crippen LogP contribution in [-0.4, -0.2) is 0 Å². The molecule has 0 spiro atoms. The minimum absolute atomic E-state index is 0.604. The zero-order valence-electron chi connectivity index (χ0n) is 6.76. The number of rotatable bonds is 0. The maximum absolute atomic E-state index is 4.40. The van der Waals surface area contributed by atoms with Crippen molar-refractivity contribution in [3.05, 3.63) is 22.6 Å². The van der Waals surface area contributed by atoms with Crippen molar-refractivity contribution in [2.45, 2.75) is 20.8 Å². The molecule has 0 N–H and O–H groups in total. The lowest BCUT2D eigenvalue weighted by molar-refractivity contribution is 0.541. The zero-order chi connectivity index (χ0) is 7.72. The van der Waals surface area contributed by atoms with E-state index in [2.05, 4.69) is 45.6 Å². The highest BCUT2D eigenvalue weighted by molar-refractivity contribution is 7.84. The standard InChI is InChI=1S/C9H14S/c1-6-4-7(2)8(3)9(10)5-6/h4-5,7-8,10H,1-3H3. The van der Waals surface area contributed by atoms with Crippen LogP contribution in [0.15, 0.2) is 22.6 Å². The molecule has 0 aromatic carbocycles. The summed E-state index contributed by atoms with van der Waals surface area (Å²) in [6.45, 7) is 6.57. The Morgan fingerprint density at radius 3 is 2.50 bits per heavy atom. The maximum atomic E-state index is 4.40. The van der Waals surface area contributed by atoms with Crippen LogP contribution in [0.5, 0.6) is 0 Å². The van der Waals surface area contributed by atoms with Crippen LogP contribution in [0, 0.1) is 11.8 Å². The smallest absolute Gasteiger partial charge is 0.00723 e. The van der Waals surface area contributed by atoms with Crippen molar-refractivity contribution in [3.63, 3.8) is 0 Å². The summed E-state index contributed by atoms with van der Waals surface area (Å²) >= 11 is 4.40. The van der Waals surface area contributed by atoms with Gasteiger partial charge in [0, 0.05) is 0 Å². The summed E-state index contributed by atoms with van der Waals surface area (Å²) in [5.41, 5.74) is 1.34. The number of thiol groups is 1. The second kappa shape index (κ2) is 2.83. The van der Waals surface area contributed by atoms with Crippen LogP contribution in [0.3, 0.4) is 0 Å². The van der Waals surface area contributed by atoms with Crippen LogP contribution in [-0.2, 0) is 0 Å². The van der Waals surface area contributed by atoms with Gasteiger partial charge in [0.05, 0.1) is 0 Å². The van der Waals surface area contributed by atoms with E-state index in [9.17, 15) is 0 Å². The summed E-state index contributed by atoms with van der Waals surface area (Å²) in [5, 5.41) is 0. The highest BCUT2D eigenvalue weighted by Crippen LogP contribution is 2.30. The first-order chi connectivity index (χ1) is 4.61. The summed E-state index contributed by atoms with van der Waals surface area (Å²) in [5.74, 6) is 1.25. The number of hydrogen-bond acceptors (Lipinski definition) is 1. The second-order valence-corrected chi connectivity index (χ2v) is 3.64. The van der Waals surface area contributed by atoms with Crippen molar-refractivity contribution in [3.8, 4) is 0 Å². The average Bonchev–Trinajstić information content (AvgIpc) is 1.82. The maximum Gasteiger partial charge on any atom is -0.00723 e. The summed E-state index contributed by atoms with van der Waals surface area (Å²) in [4.78, 5) is 1.22. The average molecular weight is 154 g/mol. The third-order valence-electron chi connectivity index (χ3n) is 2.16. The van der Waals surface area contributed by atoms with Gasteiger partial charge >= 0.3 is 0 Å². The van der Waals surface area contributed by atoms with Crippen molar-refractivity contribution >= 4 is 12.6 Å². The summed E-state index contributed by atoms with van der Waals surface area (Å²) < 4.78 is 0. The van der Waals surface area contributed by atoms with Crippen LogP contribution in [0.2, 0.25) is 0 Å². The summed E-state index contributed by atoms with van der Waals surface area (Å²) in [6, 6.07) is 0. The molecule has 2 atom stereocenters. The Morgan fingerprint density at radius 2 is 2.00 bits per heavy atom. The number of allylic oxidation sites excluding steroid dienone is 4. The van der Waals surface area contributed by atoms with E-state index in [1.54, 1.807) is 0 Å². The summed E-state index contributed by atoms with van der Waals surface area (Å²) in [7, 11) is 0. The van der Waals surface area contributed by atoms with E-state index >= 15 is 0 Å². The minimum atomic E-state index is 0.604. The lowest BCUT2D eigenvalue weighted by Crippen LogP contribution is -2.09. The molecule has 0 amide bonds. The fraction of sp³-hybridized carbons (Fsp3) is 0.556. The van der Waals surface area contributed by atoms with Crippen LogP contribution in [0.1, 0.15) is 20.8 Å². The van der Waals surface area contributed by atoms with Gasteiger partial charge in [-0.2, -0.15) is 0 Å². The monoisotopic (exact) mass is 154 g/mol. The third kappa shape index (κ3) is 1.46. The van der Waals surface area contributed by atoms with Crippen molar-refractivity contribution in [1.82, 2.24) is 0 Å². The number of hydrogen-bond donors (Lipinski definition) is 1. The molecule has 1 aliphatic rings. The molecule has 0 aromatic heterocycles. The van der Waals surface area contributed by atoms with Gasteiger partial charge in [0.2, 0.25) is 0 Å². The first-order valence-corrected chi connectivity index (χ1v) is 4.15. The normalized spacial score (nSPS) is 33.2. The van der Waals surface area contributed by atoms with E-state index in [0.29, 0.717) is 11.8 Å². The zero-order valence-corrected chi connectivity index (χ0v) is 7.65. The van der Waals surface area contributed by atoms with Gasteiger partial charge in [-0.3, -0.25) is 0 Å². The Bertz CT molecular complexity index is 189. The van der Waals surface area contributed by atoms with Gasteiger partial charge in [-0.15, -0.1) is 12.6 Å². The molecule has 0 radical (unpaired) electrons. The van der Waals surface area contributed by atoms with Gasteiger partial charge in [-0.25, -0.2) is 0 Å². The van der Waals surface area contributed by atoms with E-state index in [1.807, 2.05) is 0 Å². The molecule has 1 rings (SSSR count). The van der Waals surface area contributed by atoms with E-state index in [4.69, 9.17) is 0 Å². The molecule has 56 valence electrons. The van der Waals surface area contributed by atoms with Crippen LogP contribution >= 0.6 is 12.6 Å². The fourth-order valence-corrected chi connectivity index (χ4v) is 1.68. The van der Waals surface area contributed by atoms with Gasteiger partial charge in [0.25, 0.3) is 0 Å². The highest BCUT2D eigenvalue weighted by atomic mass is 32.1. The van der Waals surface area contributed by atoms with Crippen LogP contribution in [0.4, 0.5) is 0 Å². The Kier molecular flexibility index (Phi) is 2.24. The van der Waals surface area contributed by atoms with Crippen molar-refractivity contribution in [2.24, 2.45) is 11.8 Å². The summed E-state index contributed by atoms with van der Waals surface area (Å²) in [6.07, 6.45) is 4.44. The molecular formula is C9H14S. The van der Waals surface area contributed by atoms with E-state index < -0.39 is 0 Å². The second-order valence-electron chi connectivity index (χ2n) is 3.13. The molecule has 0 saturated heterocycles. The molecular weight excluding hydrogens is 140 g/mol. The van der Waals surface area contributed by atoms with E-state index in [0.717, 1.165) is 0 Å². The highest BCUT2D eigenvalue weighted by Gasteiger charge is 2.15. The van der Waals surface area contributed by atoms with Gasteiger partial charge in [0.15, 0.2) is 0 Å². The lowest BCUT2D eigenvalue weighted by atomic mass is 9.89. The fourth-order valence-electron chi connectivity index (χ4n) is 1.24. The predicted molar refractivity (Wildman–Crippen MR) is 49.2 cm³/mol. The topological polar surface area (TPSA) is 0 Å². The Hall–Kier alpha value is -0.170. The van der Waals surface area contributed by atoms with Gasteiger partial charge in [0.1, 0.15) is 0 Å². The van der Waals surface area contributed by atoms with Gasteiger partial charge in [-0.1, -0.05) is 31.6 Å². The van der Waals surface area contributed by atoms with Gasteiger partial charge < -0.3 is 0 Å². The molecule has 1 aliphatic carbocycles. The van der Waals surface area contributed by atoms with Gasteiger partial charge in [-0.05, 0) is 23.7 Å². The first-order valence-electron chi connectivity index (χ1n) is 3.70.